The van der Waals surface area contributed by atoms with Gasteiger partial charge in [-0.25, -0.2) is 4.79 Å². The highest BCUT2D eigenvalue weighted by atomic mass is 16.5. The van der Waals surface area contributed by atoms with E-state index in [-0.39, 0.29) is 23.9 Å². The predicted octanol–water partition coefficient (Wildman–Crippen LogP) is 2.57. The van der Waals surface area contributed by atoms with Gasteiger partial charge < -0.3 is 29.6 Å². The summed E-state index contributed by atoms with van der Waals surface area (Å²) in [6.45, 7) is 3.92. The van der Waals surface area contributed by atoms with E-state index in [4.69, 9.17) is 14.2 Å². The van der Waals surface area contributed by atoms with Crippen LogP contribution in [0, 0.1) is 5.92 Å². The molecule has 33 heavy (non-hydrogen) atoms. The Morgan fingerprint density at radius 3 is 1.88 bits per heavy atom. The molecule has 0 unspecified atom stereocenters. The van der Waals surface area contributed by atoms with Crippen LogP contribution in [0.15, 0.2) is 36.4 Å². The van der Waals surface area contributed by atoms with E-state index in [0.29, 0.717) is 22.8 Å². The van der Waals surface area contributed by atoms with Gasteiger partial charge in [0.05, 0.1) is 34.0 Å². The molecule has 2 amide bonds. The number of ether oxygens (including phenoxy) is 4. The summed E-state index contributed by atoms with van der Waals surface area (Å²) in [5.74, 6) is -0.343. The van der Waals surface area contributed by atoms with E-state index >= 15 is 0 Å². The fourth-order valence-electron chi connectivity index (χ4n) is 3.15. The highest BCUT2D eigenvalue weighted by molar-refractivity contribution is 5.98. The number of hydrogen-bond donors (Lipinski definition) is 2. The summed E-state index contributed by atoms with van der Waals surface area (Å²) in [6, 6.07) is 8.98. The average molecular weight is 459 g/mol. The summed E-state index contributed by atoms with van der Waals surface area (Å²) in [7, 11) is 5.71. The van der Waals surface area contributed by atoms with E-state index in [2.05, 4.69) is 15.4 Å². The van der Waals surface area contributed by atoms with Crippen LogP contribution >= 0.6 is 0 Å². The Bertz CT molecular complexity index is 962. The number of carbonyl (C=O) groups is 3. The fraction of sp³-hybridized carbons (Fsp3) is 0.375. The molecule has 2 aromatic carbocycles. The molecule has 0 heterocycles. The van der Waals surface area contributed by atoms with Gasteiger partial charge in [0.2, 0.25) is 11.7 Å². The lowest BCUT2D eigenvalue weighted by Crippen LogP contribution is -2.49. The van der Waals surface area contributed by atoms with Crippen LogP contribution in [0.4, 0.5) is 0 Å². The zero-order valence-corrected chi connectivity index (χ0v) is 19.7. The first-order chi connectivity index (χ1) is 15.7. The van der Waals surface area contributed by atoms with Gasteiger partial charge in [-0.15, -0.1) is 0 Å². The summed E-state index contributed by atoms with van der Waals surface area (Å²) in [6.07, 6.45) is 0. The maximum atomic E-state index is 12.9. The maximum absolute atomic E-state index is 12.9. The van der Waals surface area contributed by atoms with Crippen molar-refractivity contribution in [2.24, 2.45) is 5.92 Å². The van der Waals surface area contributed by atoms with Gasteiger partial charge in [0.1, 0.15) is 6.04 Å². The Hall–Kier alpha value is -3.75. The predicted molar refractivity (Wildman–Crippen MR) is 122 cm³/mol. The largest absolute Gasteiger partial charge is 0.493 e. The first-order valence-corrected chi connectivity index (χ1v) is 10.3. The lowest BCUT2D eigenvalue weighted by Gasteiger charge is -2.22. The topological polar surface area (TPSA) is 112 Å². The quantitative estimate of drug-likeness (QED) is 0.526. The third-order valence-electron chi connectivity index (χ3n) is 5.00. The number of carbonyl (C=O) groups excluding carboxylic acids is 3. The van der Waals surface area contributed by atoms with E-state index in [9.17, 15) is 14.4 Å². The number of hydrogen-bond acceptors (Lipinski definition) is 7. The highest BCUT2D eigenvalue weighted by Gasteiger charge is 2.26. The first kappa shape index (κ1) is 25.5. The molecule has 2 rings (SSSR count). The molecule has 0 aliphatic rings. The van der Waals surface area contributed by atoms with Gasteiger partial charge in [0.15, 0.2) is 11.5 Å². The smallest absolute Gasteiger partial charge is 0.337 e. The van der Waals surface area contributed by atoms with E-state index in [1.807, 2.05) is 13.8 Å². The van der Waals surface area contributed by atoms with Crippen molar-refractivity contribution >= 4 is 17.8 Å². The number of rotatable bonds is 10. The number of nitrogens with one attached hydrogen (secondary N) is 2. The number of benzene rings is 2. The van der Waals surface area contributed by atoms with Crippen LogP contribution in [0.2, 0.25) is 0 Å². The van der Waals surface area contributed by atoms with Crippen LogP contribution in [-0.4, -0.2) is 52.3 Å². The van der Waals surface area contributed by atoms with E-state index in [1.165, 1.54) is 40.6 Å². The summed E-state index contributed by atoms with van der Waals surface area (Å²) < 4.78 is 20.5. The summed E-state index contributed by atoms with van der Waals surface area (Å²) >= 11 is 0. The normalized spacial score (nSPS) is 11.4. The van der Waals surface area contributed by atoms with Crippen molar-refractivity contribution in [2.45, 2.75) is 26.4 Å². The minimum Gasteiger partial charge on any atom is -0.493 e. The molecule has 0 radical (unpaired) electrons. The SMILES string of the molecule is COC(=O)c1ccc(CNC(=O)[C@@H](NC(=O)c2cc(OC)c(OC)c(OC)c2)C(C)C)cc1. The van der Waals surface area contributed by atoms with E-state index in [1.54, 1.807) is 24.3 Å². The third kappa shape index (κ3) is 6.38. The van der Waals surface area contributed by atoms with Crippen LogP contribution in [0.5, 0.6) is 17.2 Å². The third-order valence-corrected chi connectivity index (χ3v) is 5.00. The molecule has 0 fully saturated rings. The minimum atomic E-state index is -0.772. The van der Waals surface area contributed by atoms with Crippen LogP contribution in [0.3, 0.4) is 0 Å². The van der Waals surface area contributed by atoms with Crippen LogP contribution in [0.1, 0.15) is 40.1 Å². The van der Waals surface area contributed by atoms with Crippen molar-refractivity contribution in [2.75, 3.05) is 28.4 Å². The molecule has 178 valence electrons. The molecule has 0 saturated heterocycles. The first-order valence-electron chi connectivity index (χ1n) is 10.3. The Morgan fingerprint density at radius 2 is 1.42 bits per heavy atom. The van der Waals surface area contributed by atoms with Gasteiger partial charge in [0.25, 0.3) is 5.91 Å². The number of methoxy groups -OCH3 is 4. The van der Waals surface area contributed by atoms with Gasteiger partial charge in [0, 0.05) is 12.1 Å². The summed E-state index contributed by atoms with van der Waals surface area (Å²) in [4.78, 5) is 37.3. The van der Waals surface area contributed by atoms with Crippen LogP contribution in [-0.2, 0) is 16.1 Å². The Labute approximate surface area is 193 Å². The second-order valence-electron chi connectivity index (χ2n) is 7.52. The summed E-state index contributed by atoms with van der Waals surface area (Å²) in [5.41, 5.74) is 1.49. The molecule has 2 N–H and O–H groups in total. The lowest BCUT2D eigenvalue weighted by molar-refractivity contribution is -0.124. The summed E-state index contributed by atoms with van der Waals surface area (Å²) in [5, 5.41) is 5.60. The number of amides is 2. The molecular formula is C24H30N2O7. The second-order valence-corrected chi connectivity index (χ2v) is 7.52. The molecular weight excluding hydrogens is 428 g/mol. The molecule has 0 bridgehead atoms. The zero-order chi connectivity index (χ0) is 24.5. The molecule has 0 aliphatic heterocycles. The van der Waals surface area contributed by atoms with Gasteiger partial charge in [-0.2, -0.15) is 0 Å². The standard InChI is InChI=1S/C24H30N2O7/c1-14(2)20(23(28)25-13-15-7-9-16(10-8-15)24(29)33-6)26-22(27)17-11-18(30-3)21(32-5)19(12-17)31-4/h7-12,14,20H,13H2,1-6H3,(H,25,28)(H,26,27)/t20-/m0/s1. The molecule has 9 nitrogen and oxygen atoms in total. The monoisotopic (exact) mass is 458 g/mol. The van der Waals surface area contributed by atoms with Crippen molar-refractivity contribution in [3.05, 3.63) is 53.1 Å². The zero-order valence-electron chi connectivity index (χ0n) is 19.7. The van der Waals surface area contributed by atoms with Crippen LogP contribution in [0.25, 0.3) is 0 Å². The fourth-order valence-corrected chi connectivity index (χ4v) is 3.15. The Balaban J connectivity index is 2.11. The lowest BCUT2D eigenvalue weighted by atomic mass is 10.0. The van der Waals surface area contributed by atoms with Crippen molar-refractivity contribution in [3.63, 3.8) is 0 Å². The number of esters is 1. The van der Waals surface area contributed by atoms with Crippen LogP contribution < -0.4 is 24.8 Å². The average Bonchev–Trinajstić information content (AvgIpc) is 2.84. The molecule has 0 aromatic heterocycles. The maximum Gasteiger partial charge on any atom is 0.337 e. The minimum absolute atomic E-state index is 0.169. The Morgan fingerprint density at radius 1 is 0.848 bits per heavy atom. The highest BCUT2D eigenvalue weighted by Crippen LogP contribution is 2.38. The van der Waals surface area contributed by atoms with Gasteiger partial charge in [-0.1, -0.05) is 26.0 Å². The van der Waals surface area contributed by atoms with E-state index < -0.39 is 17.9 Å². The van der Waals surface area contributed by atoms with Gasteiger partial charge in [-0.3, -0.25) is 9.59 Å². The molecule has 1 atom stereocenters. The molecule has 0 aliphatic carbocycles. The van der Waals surface area contributed by atoms with Crippen molar-refractivity contribution in [1.29, 1.82) is 0 Å². The van der Waals surface area contributed by atoms with Crippen molar-refractivity contribution in [1.82, 2.24) is 10.6 Å². The van der Waals surface area contributed by atoms with E-state index in [0.717, 1.165) is 5.56 Å². The van der Waals surface area contributed by atoms with Gasteiger partial charge in [-0.05, 0) is 35.7 Å². The molecule has 0 spiro atoms. The molecule has 2 aromatic rings. The van der Waals surface area contributed by atoms with Crippen molar-refractivity contribution in [3.8, 4) is 17.2 Å². The Kier molecular flexibility index (Phi) is 9.08. The second kappa shape index (κ2) is 11.8. The molecule has 9 heteroatoms. The molecule has 0 saturated carbocycles. The van der Waals surface area contributed by atoms with Crippen molar-refractivity contribution < 1.29 is 33.3 Å². The van der Waals surface area contributed by atoms with Gasteiger partial charge >= 0.3 is 5.97 Å².